The Morgan fingerprint density at radius 2 is 1.79 bits per heavy atom. The van der Waals surface area contributed by atoms with Crippen LogP contribution < -0.4 is 0 Å². The van der Waals surface area contributed by atoms with Crippen molar-refractivity contribution >= 4 is 23.5 Å². The average molecular weight is 210 g/mol. The smallest absolute Gasteiger partial charge is 0.101 e. The zero-order chi connectivity index (χ0) is 10.8. The van der Waals surface area contributed by atoms with E-state index in [0.29, 0.717) is 0 Å². The molecule has 0 aromatic carbocycles. The normalized spacial score (nSPS) is 9.79. The highest BCUT2D eigenvalue weighted by atomic mass is 32.1. The first-order chi connectivity index (χ1) is 6.68. The van der Waals surface area contributed by atoms with Gasteiger partial charge in [-0.3, -0.25) is 0 Å². The van der Waals surface area contributed by atoms with Crippen LogP contribution in [0.25, 0.3) is 0 Å². The van der Waals surface area contributed by atoms with Crippen molar-refractivity contribution in [3.63, 3.8) is 0 Å². The summed E-state index contributed by atoms with van der Waals surface area (Å²) in [6.45, 7) is 1.91. The monoisotopic (exact) mass is 210 g/mol. The second-order valence-electron chi connectivity index (χ2n) is 2.59. The Kier molecular flexibility index (Phi) is 7.45. The van der Waals surface area contributed by atoms with Gasteiger partial charge >= 0.3 is 0 Å². The van der Waals surface area contributed by atoms with Crippen molar-refractivity contribution in [2.45, 2.75) is 6.92 Å². The SMILES string of the molecule is CC(=NC=S)N(C)C.c1ccnnc1. The van der Waals surface area contributed by atoms with E-state index in [9.17, 15) is 0 Å². The van der Waals surface area contributed by atoms with Crippen molar-refractivity contribution in [1.82, 2.24) is 15.1 Å². The molecule has 0 fully saturated rings. The van der Waals surface area contributed by atoms with Crippen LogP contribution in [0.5, 0.6) is 0 Å². The van der Waals surface area contributed by atoms with Crippen LogP contribution in [-0.4, -0.2) is 40.5 Å². The van der Waals surface area contributed by atoms with Gasteiger partial charge in [-0.15, -0.1) is 0 Å². The van der Waals surface area contributed by atoms with E-state index in [2.05, 4.69) is 27.4 Å². The molecule has 0 unspecified atom stereocenters. The summed E-state index contributed by atoms with van der Waals surface area (Å²) in [7, 11) is 3.86. The van der Waals surface area contributed by atoms with E-state index in [4.69, 9.17) is 0 Å². The van der Waals surface area contributed by atoms with E-state index in [1.807, 2.05) is 38.1 Å². The van der Waals surface area contributed by atoms with E-state index in [0.717, 1.165) is 5.84 Å². The van der Waals surface area contributed by atoms with Crippen LogP contribution in [0.15, 0.2) is 29.5 Å². The van der Waals surface area contributed by atoms with E-state index in [1.165, 1.54) is 5.49 Å². The van der Waals surface area contributed by atoms with Crippen molar-refractivity contribution in [1.29, 1.82) is 0 Å². The van der Waals surface area contributed by atoms with E-state index >= 15 is 0 Å². The lowest BCUT2D eigenvalue weighted by Crippen LogP contribution is -2.18. The van der Waals surface area contributed by atoms with Crippen molar-refractivity contribution in [3.05, 3.63) is 24.5 Å². The number of hydrogen-bond acceptors (Lipinski definition) is 3. The first-order valence-corrected chi connectivity index (χ1v) is 4.52. The lowest BCUT2D eigenvalue weighted by molar-refractivity contribution is 0.620. The van der Waals surface area contributed by atoms with Gasteiger partial charge in [0.1, 0.15) is 5.84 Å². The number of aromatic nitrogens is 2. The molecule has 0 spiro atoms. The third-order valence-electron chi connectivity index (χ3n) is 1.37. The quantitative estimate of drug-likeness (QED) is 0.399. The number of hydrogen-bond donors (Lipinski definition) is 0. The maximum atomic E-state index is 4.51. The Hall–Kier alpha value is -1.36. The molecule has 0 atom stereocenters. The lowest BCUT2D eigenvalue weighted by atomic mass is 10.6. The zero-order valence-corrected chi connectivity index (χ0v) is 9.40. The molecule has 1 rings (SSSR count). The molecule has 0 saturated heterocycles. The fraction of sp³-hybridized carbons (Fsp3) is 0.333. The van der Waals surface area contributed by atoms with Crippen molar-refractivity contribution in [3.8, 4) is 0 Å². The van der Waals surface area contributed by atoms with Gasteiger partial charge in [0.2, 0.25) is 0 Å². The fourth-order valence-electron chi connectivity index (χ4n) is 0.445. The molecule has 76 valence electrons. The Morgan fingerprint density at radius 1 is 1.29 bits per heavy atom. The molecule has 1 heterocycles. The predicted molar refractivity (Wildman–Crippen MR) is 62.5 cm³/mol. The van der Waals surface area contributed by atoms with Gasteiger partial charge in [0.15, 0.2) is 0 Å². The Bertz CT molecular complexity index is 245. The number of rotatable bonds is 1. The molecule has 0 aliphatic rings. The van der Waals surface area contributed by atoms with Gasteiger partial charge in [0, 0.05) is 26.5 Å². The topological polar surface area (TPSA) is 41.4 Å². The van der Waals surface area contributed by atoms with Gasteiger partial charge in [0.05, 0.1) is 5.49 Å². The summed E-state index contributed by atoms with van der Waals surface area (Å²) in [5.74, 6) is 0.931. The summed E-state index contributed by atoms with van der Waals surface area (Å²) in [5, 5.41) is 7.07. The summed E-state index contributed by atoms with van der Waals surface area (Å²) in [5.41, 5.74) is 1.37. The molecule has 5 heteroatoms. The minimum atomic E-state index is 0.931. The highest BCUT2D eigenvalue weighted by molar-refractivity contribution is 7.78. The molecular weight excluding hydrogens is 196 g/mol. The Labute approximate surface area is 89.7 Å². The summed E-state index contributed by atoms with van der Waals surface area (Å²) in [6.07, 6.45) is 3.28. The summed E-state index contributed by atoms with van der Waals surface area (Å²) >= 11 is 4.51. The molecule has 0 saturated carbocycles. The molecule has 0 aliphatic heterocycles. The highest BCUT2D eigenvalue weighted by Gasteiger charge is 1.86. The molecule has 0 aliphatic carbocycles. The van der Waals surface area contributed by atoms with Crippen LogP contribution in [0, 0.1) is 0 Å². The van der Waals surface area contributed by atoms with Gasteiger partial charge in [0.25, 0.3) is 0 Å². The summed E-state index contributed by atoms with van der Waals surface area (Å²) in [6, 6.07) is 3.65. The van der Waals surface area contributed by atoms with E-state index in [-0.39, 0.29) is 0 Å². The zero-order valence-electron chi connectivity index (χ0n) is 8.58. The molecule has 0 N–H and O–H groups in total. The molecule has 1 aromatic heterocycles. The number of aliphatic imine (C=N–C) groups is 1. The lowest BCUT2D eigenvalue weighted by Gasteiger charge is -2.08. The van der Waals surface area contributed by atoms with Gasteiger partial charge in [-0.1, -0.05) is 12.2 Å². The Balaban J connectivity index is 0.000000249. The van der Waals surface area contributed by atoms with Crippen LogP contribution in [0.1, 0.15) is 6.92 Å². The minimum absolute atomic E-state index is 0.931. The summed E-state index contributed by atoms with van der Waals surface area (Å²) < 4.78 is 0. The molecule has 1 aromatic rings. The van der Waals surface area contributed by atoms with Crippen LogP contribution >= 0.6 is 12.2 Å². The van der Waals surface area contributed by atoms with Gasteiger partial charge < -0.3 is 4.90 Å². The van der Waals surface area contributed by atoms with E-state index < -0.39 is 0 Å². The number of thiocarbonyl (C=S) groups is 1. The third kappa shape index (κ3) is 7.30. The molecule has 0 amide bonds. The van der Waals surface area contributed by atoms with Gasteiger partial charge in [-0.2, -0.15) is 10.2 Å². The molecule has 0 radical (unpaired) electrons. The number of nitrogens with zero attached hydrogens (tertiary/aromatic N) is 4. The number of amidine groups is 1. The minimum Gasteiger partial charge on any atom is -0.366 e. The largest absolute Gasteiger partial charge is 0.366 e. The second kappa shape index (κ2) is 8.25. The first-order valence-electron chi connectivity index (χ1n) is 4.05. The van der Waals surface area contributed by atoms with Crippen molar-refractivity contribution in [2.75, 3.05) is 14.1 Å². The van der Waals surface area contributed by atoms with Crippen LogP contribution in [0.4, 0.5) is 0 Å². The third-order valence-corrected chi connectivity index (χ3v) is 1.48. The average Bonchev–Trinajstić information content (AvgIpc) is 2.21. The van der Waals surface area contributed by atoms with Crippen LogP contribution in [0.2, 0.25) is 0 Å². The fourth-order valence-corrected chi connectivity index (χ4v) is 0.598. The molecular formula is C9H14N4S. The maximum absolute atomic E-state index is 4.51. The first kappa shape index (κ1) is 12.6. The van der Waals surface area contributed by atoms with Crippen LogP contribution in [0.3, 0.4) is 0 Å². The molecule has 4 nitrogen and oxygen atoms in total. The standard InChI is InChI=1S/C5H10N2S.C4H4N2/c1-5(6-4-8)7(2)3;1-2-4-6-5-3-1/h4H,1-3H3;1-4H. The van der Waals surface area contributed by atoms with Crippen molar-refractivity contribution in [2.24, 2.45) is 4.99 Å². The Morgan fingerprint density at radius 3 is 1.93 bits per heavy atom. The molecule has 14 heavy (non-hydrogen) atoms. The van der Waals surface area contributed by atoms with Gasteiger partial charge in [-0.25, -0.2) is 4.99 Å². The second-order valence-corrected chi connectivity index (χ2v) is 2.80. The van der Waals surface area contributed by atoms with Gasteiger partial charge in [-0.05, 0) is 19.1 Å². The van der Waals surface area contributed by atoms with E-state index in [1.54, 1.807) is 12.4 Å². The molecule has 0 bridgehead atoms. The maximum Gasteiger partial charge on any atom is 0.101 e. The predicted octanol–water partition coefficient (Wildman–Crippen LogP) is 1.40. The highest BCUT2D eigenvalue weighted by Crippen LogP contribution is 1.78. The summed E-state index contributed by atoms with van der Waals surface area (Å²) in [4.78, 5) is 5.76. The van der Waals surface area contributed by atoms with Crippen molar-refractivity contribution < 1.29 is 0 Å². The van der Waals surface area contributed by atoms with Crippen LogP contribution in [-0.2, 0) is 0 Å².